The fraction of sp³-hybridized carbons (Fsp3) is 0.303. The van der Waals surface area contributed by atoms with Gasteiger partial charge in [-0.2, -0.15) is 0 Å². The van der Waals surface area contributed by atoms with Crippen LogP contribution >= 0.6 is 0 Å². The molecule has 0 bridgehead atoms. The highest BCUT2D eigenvalue weighted by Gasteiger charge is 2.24. The van der Waals surface area contributed by atoms with Crippen molar-refractivity contribution in [3.63, 3.8) is 0 Å². The van der Waals surface area contributed by atoms with Crippen LogP contribution in [0.5, 0.6) is 5.75 Å². The Balaban J connectivity index is 1.32. The van der Waals surface area contributed by atoms with Crippen molar-refractivity contribution >= 4 is 18.1 Å². The lowest BCUT2D eigenvalue weighted by atomic mass is 9.95. The topological polar surface area (TPSA) is 32.8 Å². The van der Waals surface area contributed by atoms with Crippen molar-refractivity contribution in [1.29, 1.82) is 0 Å². The third kappa shape index (κ3) is 7.64. The first-order valence-electron chi connectivity index (χ1n) is 13.9. The SMILES string of the molecule is O=C(c1ccc(OCCN2CCCCC2)cc1)N1C/C(=C\c2ccc(F)c(F)c2)C/C(=C/c2ccc(F)c(F)c2)C1. The van der Waals surface area contributed by atoms with Gasteiger partial charge in [0.1, 0.15) is 12.4 Å². The summed E-state index contributed by atoms with van der Waals surface area (Å²) in [6.07, 6.45) is 7.62. The largest absolute Gasteiger partial charge is 0.492 e. The summed E-state index contributed by atoms with van der Waals surface area (Å²) in [5.41, 5.74) is 3.00. The van der Waals surface area contributed by atoms with Crippen molar-refractivity contribution in [3.05, 3.63) is 112 Å². The molecule has 8 heteroatoms. The van der Waals surface area contributed by atoms with Gasteiger partial charge < -0.3 is 9.64 Å². The molecule has 0 unspecified atom stereocenters. The maximum atomic E-state index is 13.8. The Kier molecular flexibility index (Phi) is 9.19. The zero-order valence-corrected chi connectivity index (χ0v) is 22.7. The minimum Gasteiger partial charge on any atom is -0.492 e. The minimum atomic E-state index is -0.959. The van der Waals surface area contributed by atoms with Gasteiger partial charge >= 0.3 is 0 Å². The van der Waals surface area contributed by atoms with Gasteiger partial charge in [0.25, 0.3) is 5.91 Å². The van der Waals surface area contributed by atoms with Gasteiger partial charge in [0.15, 0.2) is 23.3 Å². The molecule has 4 nitrogen and oxygen atoms in total. The number of amides is 1. The molecular formula is C33H32F4N2O2. The molecular weight excluding hydrogens is 532 g/mol. The van der Waals surface area contributed by atoms with Gasteiger partial charge in [-0.05, 0) is 103 Å². The molecule has 1 amide bonds. The highest BCUT2D eigenvalue weighted by molar-refractivity contribution is 5.95. The third-order valence-corrected chi connectivity index (χ3v) is 7.38. The van der Waals surface area contributed by atoms with E-state index in [1.54, 1.807) is 41.3 Å². The Labute approximate surface area is 237 Å². The van der Waals surface area contributed by atoms with E-state index in [1.807, 2.05) is 0 Å². The second-order valence-electron chi connectivity index (χ2n) is 10.6. The van der Waals surface area contributed by atoms with Gasteiger partial charge in [0.05, 0.1) is 0 Å². The molecule has 2 aliphatic rings. The van der Waals surface area contributed by atoms with E-state index in [0.29, 0.717) is 35.5 Å². The molecule has 214 valence electrons. The number of hydrogen-bond acceptors (Lipinski definition) is 3. The monoisotopic (exact) mass is 564 g/mol. The van der Waals surface area contributed by atoms with Crippen LogP contribution in [0.1, 0.15) is 47.2 Å². The van der Waals surface area contributed by atoms with Crippen molar-refractivity contribution in [2.24, 2.45) is 0 Å². The van der Waals surface area contributed by atoms with Crippen LogP contribution in [0.25, 0.3) is 12.2 Å². The number of rotatable bonds is 7. The second kappa shape index (κ2) is 13.2. The third-order valence-electron chi connectivity index (χ3n) is 7.38. The average molecular weight is 565 g/mol. The average Bonchev–Trinajstić information content (AvgIpc) is 2.97. The molecule has 2 aliphatic heterocycles. The van der Waals surface area contributed by atoms with E-state index in [-0.39, 0.29) is 19.0 Å². The van der Waals surface area contributed by atoms with E-state index in [4.69, 9.17) is 4.74 Å². The van der Waals surface area contributed by atoms with Crippen molar-refractivity contribution in [1.82, 2.24) is 9.80 Å². The number of likely N-dealkylation sites (tertiary alicyclic amines) is 2. The lowest BCUT2D eigenvalue weighted by Gasteiger charge is -2.31. The maximum absolute atomic E-state index is 13.8. The van der Waals surface area contributed by atoms with Gasteiger partial charge in [0, 0.05) is 25.2 Å². The molecule has 0 radical (unpaired) electrons. The van der Waals surface area contributed by atoms with Gasteiger partial charge in [-0.1, -0.05) is 30.7 Å². The normalized spacial score (nSPS) is 18.2. The van der Waals surface area contributed by atoms with E-state index in [0.717, 1.165) is 55.0 Å². The van der Waals surface area contributed by atoms with Gasteiger partial charge in [-0.3, -0.25) is 9.69 Å². The summed E-state index contributed by atoms with van der Waals surface area (Å²) in [7, 11) is 0. The molecule has 0 aliphatic carbocycles. The van der Waals surface area contributed by atoms with E-state index in [2.05, 4.69) is 4.90 Å². The lowest BCUT2D eigenvalue weighted by Crippen LogP contribution is -2.37. The van der Waals surface area contributed by atoms with Gasteiger partial charge in [-0.15, -0.1) is 0 Å². The standard InChI is InChI=1S/C33H32F4N2O2/c34-29-10-4-23(19-31(29)36)16-25-18-26(17-24-5-11-30(35)32(37)20-24)22-39(21-25)33(40)27-6-8-28(9-7-27)41-15-14-38-12-2-1-3-13-38/h4-11,16-17,19-20H,1-3,12-15,18,21-22H2/b25-16-,26-17-. The Hall–Kier alpha value is -3.91. The number of nitrogens with zero attached hydrogens (tertiary/aromatic N) is 2. The van der Waals surface area contributed by atoms with Crippen LogP contribution in [-0.4, -0.2) is 55.0 Å². The van der Waals surface area contributed by atoms with Crippen LogP contribution in [0.2, 0.25) is 0 Å². The predicted octanol–water partition coefficient (Wildman–Crippen LogP) is 7.12. The molecule has 3 aromatic carbocycles. The Morgan fingerprint density at radius 2 is 1.29 bits per heavy atom. The Bertz CT molecular complexity index is 1380. The predicted molar refractivity (Wildman–Crippen MR) is 151 cm³/mol. The van der Waals surface area contributed by atoms with Crippen LogP contribution < -0.4 is 4.74 Å². The summed E-state index contributed by atoms with van der Waals surface area (Å²) in [4.78, 5) is 17.6. The smallest absolute Gasteiger partial charge is 0.254 e. The fourth-order valence-corrected chi connectivity index (χ4v) is 5.31. The molecule has 3 aromatic rings. The first kappa shape index (κ1) is 28.6. The zero-order valence-electron chi connectivity index (χ0n) is 22.7. The Morgan fingerprint density at radius 3 is 1.83 bits per heavy atom. The molecule has 0 spiro atoms. The van der Waals surface area contributed by atoms with Crippen molar-refractivity contribution in [2.45, 2.75) is 25.7 Å². The van der Waals surface area contributed by atoms with E-state index in [1.165, 1.54) is 31.4 Å². The van der Waals surface area contributed by atoms with Crippen LogP contribution in [0.4, 0.5) is 17.6 Å². The lowest BCUT2D eigenvalue weighted by molar-refractivity contribution is 0.0774. The number of ether oxygens (including phenoxy) is 1. The van der Waals surface area contributed by atoms with Crippen LogP contribution in [0.15, 0.2) is 71.8 Å². The molecule has 2 heterocycles. The highest BCUT2D eigenvalue weighted by Crippen LogP contribution is 2.27. The van der Waals surface area contributed by atoms with Crippen LogP contribution in [-0.2, 0) is 0 Å². The van der Waals surface area contributed by atoms with Gasteiger partial charge in [0.2, 0.25) is 0 Å². The number of carbonyl (C=O) groups is 1. The molecule has 5 rings (SSSR count). The molecule has 41 heavy (non-hydrogen) atoms. The van der Waals surface area contributed by atoms with Crippen molar-refractivity contribution in [3.8, 4) is 5.75 Å². The van der Waals surface area contributed by atoms with Crippen molar-refractivity contribution < 1.29 is 27.1 Å². The van der Waals surface area contributed by atoms with Crippen LogP contribution in [0, 0.1) is 23.3 Å². The van der Waals surface area contributed by atoms with Crippen LogP contribution in [0.3, 0.4) is 0 Å². The fourth-order valence-electron chi connectivity index (χ4n) is 5.31. The number of piperidine rings is 2. The molecule has 0 N–H and O–H groups in total. The number of hydrogen-bond donors (Lipinski definition) is 0. The number of carbonyl (C=O) groups excluding carboxylic acids is 1. The molecule has 0 atom stereocenters. The summed E-state index contributed by atoms with van der Waals surface area (Å²) in [6, 6.07) is 14.3. The Morgan fingerprint density at radius 1 is 0.732 bits per heavy atom. The summed E-state index contributed by atoms with van der Waals surface area (Å²) in [5, 5.41) is 0. The first-order valence-corrected chi connectivity index (χ1v) is 13.9. The first-order chi connectivity index (χ1) is 19.8. The van der Waals surface area contributed by atoms with E-state index >= 15 is 0 Å². The zero-order chi connectivity index (χ0) is 28.8. The van der Waals surface area contributed by atoms with Gasteiger partial charge in [-0.25, -0.2) is 17.6 Å². The second-order valence-corrected chi connectivity index (χ2v) is 10.6. The molecule has 2 saturated heterocycles. The highest BCUT2D eigenvalue weighted by atomic mass is 19.2. The van der Waals surface area contributed by atoms with Crippen molar-refractivity contribution in [2.75, 3.05) is 39.3 Å². The molecule has 2 fully saturated rings. The minimum absolute atomic E-state index is 0.211. The van der Waals surface area contributed by atoms with E-state index in [9.17, 15) is 22.4 Å². The quantitative estimate of drug-likeness (QED) is 0.287. The summed E-state index contributed by atoms with van der Waals surface area (Å²) >= 11 is 0. The summed E-state index contributed by atoms with van der Waals surface area (Å²) in [6.45, 7) is 4.21. The van der Waals surface area contributed by atoms with E-state index < -0.39 is 23.3 Å². The summed E-state index contributed by atoms with van der Waals surface area (Å²) < 4.78 is 60.5. The molecule has 0 saturated carbocycles. The molecule has 0 aromatic heterocycles. The maximum Gasteiger partial charge on any atom is 0.254 e. The number of halogens is 4. The number of benzene rings is 3. The summed E-state index contributed by atoms with van der Waals surface area (Å²) in [5.74, 6) is -3.32.